The van der Waals surface area contributed by atoms with E-state index in [1.165, 1.54) is 0 Å². The van der Waals surface area contributed by atoms with Gasteiger partial charge in [-0.05, 0) is 53.0 Å². The Labute approximate surface area is 120 Å². The molecule has 1 saturated heterocycles. The maximum Gasteiger partial charge on any atom is 0.317 e. The number of carbonyl (C=O) groups excluding carboxylic acids is 1. The molecule has 0 aromatic carbocycles. The summed E-state index contributed by atoms with van der Waals surface area (Å²) >= 11 is 5.06. The second-order valence-corrected chi connectivity index (χ2v) is 6.85. The number of nitrogens with one attached hydrogen (secondary N) is 1. The first-order valence-corrected chi connectivity index (χ1v) is 7.76. The quantitative estimate of drug-likeness (QED) is 0.902. The van der Waals surface area contributed by atoms with Crippen LogP contribution < -0.4 is 5.32 Å². The Balaban J connectivity index is 1.80. The predicted octanol–water partition coefficient (Wildman–Crippen LogP) is 2.36. The van der Waals surface area contributed by atoms with Crippen molar-refractivity contribution in [3.63, 3.8) is 0 Å². The van der Waals surface area contributed by atoms with Gasteiger partial charge in [0.25, 0.3) is 0 Å². The molecule has 1 aromatic heterocycles. The molecule has 2 rings (SSSR count). The maximum absolute atomic E-state index is 12.0. The van der Waals surface area contributed by atoms with E-state index in [4.69, 9.17) is 0 Å². The fraction of sp³-hybridized carbons (Fsp3) is 0.583. The van der Waals surface area contributed by atoms with Gasteiger partial charge in [-0.15, -0.1) is 11.3 Å². The Morgan fingerprint density at radius 1 is 1.44 bits per heavy atom. The van der Waals surface area contributed by atoms with Crippen LogP contribution in [0.1, 0.15) is 12.0 Å². The van der Waals surface area contributed by atoms with Crippen molar-refractivity contribution in [3.8, 4) is 0 Å². The minimum absolute atomic E-state index is 0.0487. The molecule has 0 radical (unpaired) electrons. The van der Waals surface area contributed by atoms with Crippen molar-refractivity contribution >= 4 is 33.3 Å². The van der Waals surface area contributed by atoms with Crippen LogP contribution >= 0.6 is 27.3 Å². The summed E-state index contributed by atoms with van der Waals surface area (Å²) in [6.07, 6.45) is 1.05. The molecule has 100 valence electrons. The molecule has 0 spiro atoms. The predicted molar refractivity (Wildman–Crippen MR) is 77.9 cm³/mol. The molecule has 0 unspecified atom stereocenters. The van der Waals surface area contributed by atoms with Crippen molar-refractivity contribution in [2.24, 2.45) is 0 Å². The largest absolute Gasteiger partial charge is 0.334 e. The highest BCUT2D eigenvalue weighted by molar-refractivity contribution is 9.11. The average molecular weight is 332 g/mol. The number of rotatable bonds is 2. The van der Waals surface area contributed by atoms with E-state index >= 15 is 0 Å². The zero-order valence-corrected chi connectivity index (χ0v) is 12.9. The van der Waals surface area contributed by atoms with Gasteiger partial charge in [-0.1, -0.05) is 0 Å². The molecule has 1 aliphatic heterocycles. The molecule has 0 aliphatic carbocycles. The SMILES string of the molecule is CN1CCCN(C(=O)NCc2csc(Br)c2)CC1. The summed E-state index contributed by atoms with van der Waals surface area (Å²) in [5, 5.41) is 5.04. The van der Waals surface area contributed by atoms with Gasteiger partial charge in [-0.3, -0.25) is 0 Å². The Bertz CT molecular complexity index is 410. The van der Waals surface area contributed by atoms with E-state index < -0.39 is 0 Å². The first-order chi connectivity index (χ1) is 8.65. The summed E-state index contributed by atoms with van der Waals surface area (Å²) in [7, 11) is 2.10. The number of hydrogen-bond donors (Lipinski definition) is 1. The number of thiophene rings is 1. The molecule has 0 bridgehead atoms. The zero-order valence-electron chi connectivity index (χ0n) is 10.5. The number of carbonyl (C=O) groups is 1. The third-order valence-electron chi connectivity index (χ3n) is 3.07. The second kappa shape index (κ2) is 6.54. The van der Waals surface area contributed by atoms with Crippen LogP contribution in [0.4, 0.5) is 4.79 Å². The van der Waals surface area contributed by atoms with Gasteiger partial charge in [0.1, 0.15) is 0 Å². The topological polar surface area (TPSA) is 35.6 Å². The molecule has 4 nitrogen and oxygen atoms in total. The third-order valence-corrected chi connectivity index (χ3v) is 4.63. The number of nitrogens with zero attached hydrogens (tertiary/aromatic N) is 2. The first-order valence-electron chi connectivity index (χ1n) is 6.09. The molecule has 6 heteroatoms. The monoisotopic (exact) mass is 331 g/mol. The van der Waals surface area contributed by atoms with Crippen molar-refractivity contribution < 1.29 is 4.79 Å². The first kappa shape index (κ1) is 13.8. The lowest BCUT2D eigenvalue weighted by Crippen LogP contribution is -2.41. The lowest BCUT2D eigenvalue weighted by molar-refractivity contribution is 0.199. The summed E-state index contributed by atoms with van der Waals surface area (Å²) in [5.74, 6) is 0. The van der Waals surface area contributed by atoms with E-state index in [1.807, 2.05) is 11.0 Å². The maximum atomic E-state index is 12.0. The number of urea groups is 1. The smallest absolute Gasteiger partial charge is 0.317 e. The van der Waals surface area contributed by atoms with Crippen LogP contribution in [-0.4, -0.2) is 49.1 Å². The molecular formula is C12H18BrN3OS. The number of halogens is 1. The van der Waals surface area contributed by atoms with Crippen molar-refractivity contribution in [1.29, 1.82) is 0 Å². The van der Waals surface area contributed by atoms with Crippen molar-refractivity contribution in [2.45, 2.75) is 13.0 Å². The molecule has 2 heterocycles. The van der Waals surface area contributed by atoms with Gasteiger partial charge >= 0.3 is 6.03 Å². The zero-order chi connectivity index (χ0) is 13.0. The summed E-state index contributed by atoms with van der Waals surface area (Å²) in [5.41, 5.74) is 1.15. The highest BCUT2D eigenvalue weighted by atomic mass is 79.9. The Morgan fingerprint density at radius 2 is 2.28 bits per heavy atom. The molecule has 1 fully saturated rings. The fourth-order valence-corrected chi connectivity index (χ4v) is 3.19. The van der Waals surface area contributed by atoms with Crippen LogP contribution in [0.2, 0.25) is 0 Å². The van der Waals surface area contributed by atoms with Gasteiger partial charge in [-0.2, -0.15) is 0 Å². The van der Waals surface area contributed by atoms with E-state index in [-0.39, 0.29) is 6.03 Å². The molecule has 2 amide bonds. The molecule has 1 aromatic rings. The Kier molecular flexibility index (Phi) is 5.03. The van der Waals surface area contributed by atoms with Gasteiger partial charge in [0, 0.05) is 26.2 Å². The second-order valence-electron chi connectivity index (χ2n) is 4.56. The molecule has 18 heavy (non-hydrogen) atoms. The van der Waals surface area contributed by atoms with Crippen LogP contribution in [0.25, 0.3) is 0 Å². The van der Waals surface area contributed by atoms with E-state index in [9.17, 15) is 4.79 Å². The molecule has 0 saturated carbocycles. The Hall–Kier alpha value is -0.590. The van der Waals surface area contributed by atoms with E-state index in [1.54, 1.807) is 11.3 Å². The lowest BCUT2D eigenvalue weighted by Gasteiger charge is -2.20. The number of amides is 2. The summed E-state index contributed by atoms with van der Waals surface area (Å²) in [4.78, 5) is 16.2. The van der Waals surface area contributed by atoms with E-state index in [2.05, 4.69) is 38.6 Å². The third kappa shape index (κ3) is 3.96. The van der Waals surface area contributed by atoms with Crippen molar-refractivity contribution in [1.82, 2.24) is 15.1 Å². The average Bonchev–Trinajstić information content (AvgIpc) is 2.63. The fourth-order valence-electron chi connectivity index (χ4n) is 1.98. The summed E-state index contributed by atoms with van der Waals surface area (Å²) in [6, 6.07) is 2.09. The molecule has 1 aliphatic rings. The number of hydrogen-bond acceptors (Lipinski definition) is 3. The van der Waals surface area contributed by atoms with Gasteiger partial charge in [0.15, 0.2) is 0 Å². The van der Waals surface area contributed by atoms with E-state index in [0.29, 0.717) is 6.54 Å². The van der Waals surface area contributed by atoms with Gasteiger partial charge < -0.3 is 15.1 Å². The molecule has 1 N–H and O–H groups in total. The van der Waals surface area contributed by atoms with E-state index in [0.717, 1.165) is 41.9 Å². The van der Waals surface area contributed by atoms with Gasteiger partial charge in [0.05, 0.1) is 3.79 Å². The highest BCUT2D eigenvalue weighted by Crippen LogP contribution is 2.20. The normalized spacial score (nSPS) is 17.6. The Morgan fingerprint density at radius 3 is 3.00 bits per heavy atom. The number of likely N-dealkylation sites (N-methyl/N-ethyl adjacent to an activating group) is 1. The van der Waals surface area contributed by atoms with Gasteiger partial charge in [0.2, 0.25) is 0 Å². The van der Waals surface area contributed by atoms with Crippen LogP contribution in [0, 0.1) is 0 Å². The van der Waals surface area contributed by atoms with Gasteiger partial charge in [-0.25, -0.2) is 4.79 Å². The standard InChI is InChI=1S/C12H18BrN3OS/c1-15-3-2-4-16(6-5-15)12(17)14-8-10-7-11(13)18-9-10/h7,9H,2-6,8H2,1H3,(H,14,17). The van der Waals surface area contributed by atoms with Crippen LogP contribution in [0.15, 0.2) is 15.2 Å². The van der Waals surface area contributed by atoms with Crippen LogP contribution in [0.5, 0.6) is 0 Å². The van der Waals surface area contributed by atoms with Crippen LogP contribution in [-0.2, 0) is 6.54 Å². The summed E-state index contributed by atoms with van der Waals surface area (Å²) in [6.45, 7) is 4.30. The lowest BCUT2D eigenvalue weighted by atomic mass is 10.3. The summed E-state index contributed by atoms with van der Waals surface area (Å²) < 4.78 is 1.10. The highest BCUT2D eigenvalue weighted by Gasteiger charge is 2.16. The van der Waals surface area contributed by atoms with Crippen molar-refractivity contribution in [2.75, 3.05) is 33.2 Å². The van der Waals surface area contributed by atoms with Crippen molar-refractivity contribution in [3.05, 3.63) is 20.8 Å². The molecule has 0 atom stereocenters. The minimum atomic E-state index is 0.0487. The molecular weight excluding hydrogens is 314 g/mol. The minimum Gasteiger partial charge on any atom is -0.334 e. The van der Waals surface area contributed by atoms with Crippen LogP contribution in [0.3, 0.4) is 0 Å².